The topological polar surface area (TPSA) is 80.9 Å². The van der Waals surface area contributed by atoms with Crippen molar-refractivity contribution < 1.29 is 20.4 Å². The van der Waals surface area contributed by atoms with E-state index in [2.05, 4.69) is 120 Å². The Kier molecular flexibility index (Phi) is 9.03. The van der Waals surface area contributed by atoms with Gasteiger partial charge in [-0.3, -0.25) is 0 Å². The number of fused-ring (bicyclic) bond motifs is 8. The maximum Gasteiger partial charge on any atom is 0.126 e. The molecule has 4 heteroatoms. The van der Waals surface area contributed by atoms with E-state index in [1.54, 1.807) is 0 Å². The van der Waals surface area contributed by atoms with E-state index < -0.39 is 11.2 Å². The molecule has 3 aliphatic carbocycles. The molecule has 5 rings (SSSR count). The van der Waals surface area contributed by atoms with Crippen LogP contribution in [0.4, 0.5) is 0 Å². The lowest BCUT2D eigenvalue weighted by molar-refractivity contribution is 0.137. The van der Waals surface area contributed by atoms with Crippen LogP contribution in [-0.4, -0.2) is 31.6 Å². The molecular formula is C46H60O4. The number of hydrogen-bond donors (Lipinski definition) is 4. The third kappa shape index (κ3) is 7.12. The number of aliphatic hydroxyl groups is 2. The zero-order chi connectivity index (χ0) is 37.6. The number of allylic oxidation sites excluding steroid dienone is 4. The van der Waals surface area contributed by atoms with Crippen LogP contribution in [0.3, 0.4) is 0 Å². The highest BCUT2D eigenvalue weighted by molar-refractivity contribution is 5.73. The number of rotatable bonds is 0. The summed E-state index contributed by atoms with van der Waals surface area (Å²) in [6, 6.07) is 8.17. The maximum atomic E-state index is 12.4. The zero-order valence-electron chi connectivity index (χ0n) is 33.0. The molecule has 4 nitrogen and oxygen atoms in total. The number of benzene rings is 2. The van der Waals surface area contributed by atoms with E-state index in [9.17, 15) is 20.4 Å². The smallest absolute Gasteiger partial charge is 0.126 e. The Morgan fingerprint density at radius 3 is 1.06 bits per heavy atom. The number of phenolic OH excluding ortho intramolecular Hbond substituents is 2. The molecule has 0 heterocycles. The van der Waals surface area contributed by atoms with Gasteiger partial charge in [0.15, 0.2) is 0 Å². The van der Waals surface area contributed by atoms with Crippen LogP contribution in [0.2, 0.25) is 0 Å². The summed E-state index contributed by atoms with van der Waals surface area (Å²) in [6.45, 7) is 29.5. The minimum atomic E-state index is -1.38. The van der Waals surface area contributed by atoms with E-state index in [1.807, 2.05) is 38.1 Å². The summed E-state index contributed by atoms with van der Waals surface area (Å²) in [5.41, 5.74) is 6.12. The summed E-state index contributed by atoms with van der Waals surface area (Å²) in [7, 11) is 0. The Hall–Kier alpha value is -3.60. The van der Waals surface area contributed by atoms with Gasteiger partial charge in [0.05, 0.1) is 0 Å². The van der Waals surface area contributed by atoms with E-state index in [1.165, 1.54) is 0 Å². The molecule has 8 bridgehead atoms. The predicted octanol–water partition coefficient (Wildman–Crippen LogP) is 10.6. The fraction of sp³-hybridized carbons (Fsp3) is 0.478. The van der Waals surface area contributed by atoms with Crippen LogP contribution < -0.4 is 0 Å². The summed E-state index contributed by atoms with van der Waals surface area (Å²) in [6.07, 6.45) is 12.7. The average molecular weight is 677 g/mol. The van der Waals surface area contributed by atoms with Crippen LogP contribution in [-0.2, 0) is 23.7 Å². The summed E-state index contributed by atoms with van der Waals surface area (Å²) in [5, 5.41) is 49.0. The normalized spacial score (nSPS) is 25.4. The van der Waals surface area contributed by atoms with Crippen LogP contribution in [0.15, 0.2) is 82.0 Å². The Balaban J connectivity index is 1.94. The third-order valence-corrected chi connectivity index (χ3v) is 10.9. The highest BCUT2D eigenvalue weighted by Gasteiger charge is 2.38. The van der Waals surface area contributed by atoms with Crippen molar-refractivity contribution in [1.29, 1.82) is 0 Å². The van der Waals surface area contributed by atoms with Crippen molar-refractivity contribution in [3.63, 3.8) is 0 Å². The van der Waals surface area contributed by atoms with Crippen molar-refractivity contribution in [2.45, 2.75) is 132 Å². The Labute approximate surface area is 301 Å². The molecule has 0 spiro atoms. The molecule has 268 valence electrons. The van der Waals surface area contributed by atoms with Crippen molar-refractivity contribution in [1.82, 2.24) is 0 Å². The standard InChI is InChI=1S/C46H60O4/c1-41(2,3)31-15-27-19-35-23-33(43(7,8)9)25-37(45(35,13)49)21-29-17-32(42(4,5)6)18-30(40(29)48)22-38-26-34(44(10,11)12)24-36(46(38,14)50)20-28(16-31)39(27)47/h15-19,22-26,47-50H,20-21H2,1-14H3/b35-19-,38-22-. The van der Waals surface area contributed by atoms with Gasteiger partial charge in [0, 0.05) is 24.0 Å². The predicted molar refractivity (Wildman–Crippen MR) is 209 cm³/mol. The van der Waals surface area contributed by atoms with Crippen LogP contribution in [0.5, 0.6) is 11.5 Å². The molecule has 0 fully saturated rings. The second kappa shape index (κ2) is 12.0. The average Bonchev–Trinajstić information content (AvgIpc) is 2.93. The Bertz CT molecular complexity index is 1780. The second-order valence-electron chi connectivity index (χ2n) is 19.4. The first-order valence-electron chi connectivity index (χ1n) is 18.1. The molecule has 0 saturated heterocycles. The van der Waals surface area contributed by atoms with Crippen molar-refractivity contribution in [2.75, 3.05) is 0 Å². The number of phenols is 2. The lowest BCUT2D eigenvalue weighted by Crippen LogP contribution is -2.34. The van der Waals surface area contributed by atoms with E-state index in [4.69, 9.17) is 0 Å². The highest BCUT2D eigenvalue weighted by Crippen LogP contribution is 2.47. The molecule has 0 aliphatic heterocycles. The number of aromatic hydroxyl groups is 2. The van der Waals surface area contributed by atoms with E-state index in [-0.39, 0.29) is 33.2 Å². The van der Waals surface area contributed by atoms with Gasteiger partial charge in [-0.15, -0.1) is 0 Å². The van der Waals surface area contributed by atoms with Gasteiger partial charge in [0.1, 0.15) is 22.7 Å². The van der Waals surface area contributed by atoms with E-state index in [0.717, 1.165) is 33.4 Å². The molecule has 50 heavy (non-hydrogen) atoms. The Morgan fingerprint density at radius 1 is 0.460 bits per heavy atom. The fourth-order valence-corrected chi connectivity index (χ4v) is 6.94. The van der Waals surface area contributed by atoms with Crippen molar-refractivity contribution in [3.05, 3.63) is 115 Å². The lowest BCUT2D eigenvalue weighted by atomic mass is 9.71. The summed E-state index contributed by atoms with van der Waals surface area (Å²) >= 11 is 0. The molecule has 0 amide bonds. The second-order valence-corrected chi connectivity index (χ2v) is 19.4. The van der Waals surface area contributed by atoms with Crippen LogP contribution in [0.1, 0.15) is 130 Å². The third-order valence-electron chi connectivity index (χ3n) is 10.9. The van der Waals surface area contributed by atoms with Crippen LogP contribution in [0.25, 0.3) is 12.2 Å². The van der Waals surface area contributed by atoms with Gasteiger partial charge in [-0.2, -0.15) is 0 Å². The Morgan fingerprint density at radius 2 is 0.780 bits per heavy atom. The van der Waals surface area contributed by atoms with Gasteiger partial charge in [-0.05, 0) is 115 Å². The van der Waals surface area contributed by atoms with Gasteiger partial charge in [0.2, 0.25) is 0 Å². The number of hydrogen-bond acceptors (Lipinski definition) is 4. The SMILES string of the molecule is CC(C)(C)C1=C/C2=C/c3cc(C(C)(C)C)cc(c3O)CC3=CC(C(C)(C)C)=C/C(=C/c4cc(C(C)(C)C)cc(c4O)CC(=C1)C2(C)O)C3(C)O. The molecule has 2 atom stereocenters. The zero-order valence-corrected chi connectivity index (χ0v) is 33.0. The molecule has 2 unspecified atom stereocenters. The highest BCUT2D eigenvalue weighted by atomic mass is 16.3. The van der Waals surface area contributed by atoms with Gasteiger partial charge in [-0.1, -0.05) is 120 Å². The van der Waals surface area contributed by atoms with Gasteiger partial charge in [-0.25, -0.2) is 0 Å². The molecule has 0 radical (unpaired) electrons. The first-order chi connectivity index (χ1) is 22.6. The first-order valence-corrected chi connectivity index (χ1v) is 18.1. The quantitative estimate of drug-likeness (QED) is 0.224. The molecule has 2 aromatic carbocycles. The van der Waals surface area contributed by atoms with Gasteiger partial charge in [0.25, 0.3) is 0 Å². The monoisotopic (exact) mass is 676 g/mol. The van der Waals surface area contributed by atoms with E-state index in [0.29, 0.717) is 46.2 Å². The minimum absolute atomic E-state index is 0.141. The minimum Gasteiger partial charge on any atom is -0.507 e. The molecule has 4 N–H and O–H groups in total. The molecule has 2 aromatic rings. The maximum absolute atomic E-state index is 12.4. The fourth-order valence-electron chi connectivity index (χ4n) is 6.94. The molecule has 0 aromatic heterocycles. The molecule has 3 aliphatic rings. The van der Waals surface area contributed by atoms with E-state index >= 15 is 0 Å². The van der Waals surface area contributed by atoms with Crippen molar-refractivity contribution >= 4 is 12.2 Å². The summed E-state index contributed by atoms with van der Waals surface area (Å²) in [5.74, 6) is 0.281. The van der Waals surface area contributed by atoms with Crippen LogP contribution >= 0.6 is 0 Å². The first kappa shape index (κ1) is 37.7. The molecular weight excluding hydrogens is 617 g/mol. The van der Waals surface area contributed by atoms with Crippen molar-refractivity contribution in [2.24, 2.45) is 10.8 Å². The van der Waals surface area contributed by atoms with Gasteiger partial charge < -0.3 is 20.4 Å². The van der Waals surface area contributed by atoms with Gasteiger partial charge >= 0.3 is 0 Å². The van der Waals surface area contributed by atoms with Crippen molar-refractivity contribution in [3.8, 4) is 11.5 Å². The largest absolute Gasteiger partial charge is 0.507 e. The summed E-state index contributed by atoms with van der Waals surface area (Å²) < 4.78 is 0. The lowest BCUT2D eigenvalue weighted by Gasteiger charge is -2.37. The van der Waals surface area contributed by atoms with Crippen LogP contribution in [0, 0.1) is 10.8 Å². The molecule has 0 saturated carbocycles. The summed E-state index contributed by atoms with van der Waals surface area (Å²) in [4.78, 5) is 0.